The SMILES string of the molecule is c1ccc(-n2c3ccccc3c3cc4c5cc6c7cccnc7n7c8ccccc8nc7c6cc5n(-c5ccccc5)c4cc32)cc1. The maximum atomic E-state index is 5.18. The van der Waals surface area contributed by atoms with E-state index in [1.165, 1.54) is 38.1 Å². The van der Waals surface area contributed by atoms with Gasteiger partial charge >= 0.3 is 0 Å². The van der Waals surface area contributed by atoms with Gasteiger partial charge in [-0.3, -0.25) is 4.40 Å². The first-order valence-corrected chi connectivity index (χ1v) is 15.9. The number of hydrogen-bond donors (Lipinski definition) is 0. The molecule has 218 valence electrons. The molecule has 0 atom stereocenters. The van der Waals surface area contributed by atoms with Gasteiger partial charge in [0.1, 0.15) is 11.3 Å². The second-order valence-corrected chi connectivity index (χ2v) is 12.3. The molecule has 0 aliphatic carbocycles. The van der Waals surface area contributed by atoms with Crippen molar-refractivity contribution in [2.24, 2.45) is 0 Å². The number of aromatic nitrogens is 5. The van der Waals surface area contributed by atoms with Gasteiger partial charge in [-0.1, -0.05) is 66.7 Å². The zero-order valence-electron chi connectivity index (χ0n) is 25.2. The van der Waals surface area contributed by atoms with E-state index in [1.54, 1.807) is 0 Å². The molecule has 0 saturated carbocycles. The zero-order valence-corrected chi connectivity index (χ0v) is 25.2. The Morgan fingerprint density at radius 1 is 0.362 bits per heavy atom. The number of nitrogens with zero attached hydrogens (tertiary/aromatic N) is 5. The predicted octanol–water partition coefficient (Wildman–Crippen LogP) is 10.4. The average molecular weight is 600 g/mol. The molecule has 47 heavy (non-hydrogen) atoms. The molecule has 11 aromatic rings. The molecule has 0 unspecified atom stereocenters. The molecular weight excluding hydrogens is 574 g/mol. The highest BCUT2D eigenvalue weighted by Gasteiger charge is 2.21. The van der Waals surface area contributed by atoms with Crippen LogP contribution in [-0.4, -0.2) is 23.5 Å². The van der Waals surface area contributed by atoms with Crippen LogP contribution >= 0.6 is 0 Å². The summed E-state index contributed by atoms with van der Waals surface area (Å²) in [5.74, 6) is 0. The van der Waals surface area contributed by atoms with E-state index in [4.69, 9.17) is 9.97 Å². The van der Waals surface area contributed by atoms with Gasteiger partial charge in [-0.15, -0.1) is 0 Å². The molecule has 0 spiro atoms. The van der Waals surface area contributed by atoms with Crippen LogP contribution in [0.3, 0.4) is 0 Å². The summed E-state index contributed by atoms with van der Waals surface area (Å²) in [6.07, 6.45) is 1.88. The standard InChI is InChI=1S/C42H25N5/c1-3-12-26(13-4-1)45-36-19-9-7-16-28(36)31-23-33-32-22-30-29-17-11-21-43-41(29)47-37-20-10-8-18-35(37)44-42(47)34(30)24-38(32)46(40(33)25-39(31)45)27-14-5-2-6-15-27/h1-25H. The van der Waals surface area contributed by atoms with Gasteiger partial charge in [0, 0.05) is 49.9 Å². The van der Waals surface area contributed by atoms with Crippen molar-refractivity contribution < 1.29 is 0 Å². The van der Waals surface area contributed by atoms with Crippen LogP contribution < -0.4 is 0 Å². The number of fused-ring (bicyclic) bond motifs is 14. The van der Waals surface area contributed by atoms with Crippen molar-refractivity contribution >= 4 is 82.1 Å². The van der Waals surface area contributed by atoms with Crippen LogP contribution in [0.2, 0.25) is 0 Å². The van der Waals surface area contributed by atoms with Crippen molar-refractivity contribution in [1.82, 2.24) is 23.5 Å². The summed E-state index contributed by atoms with van der Waals surface area (Å²) in [6, 6.07) is 52.2. The highest BCUT2D eigenvalue weighted by molar-refractivity contribution is 6.24. The van der Waals surface area contributed by atoms with E-state index in [2.05, 4.69) is 147 Å². The molecule has 5 nitrogen and oxygen atoms in total. The molecular formula is C42H25N5. The van der Waals surface area contributed by atoms with Crippen molar-refractivity contribution in [1.29, 1.82) is 0 Å². The minimum atomic E-state index is 0.920. The predicted molar refractivity (Wildman–Crippen MR) is 194 cm³/mol. The minimum Gasteiger partial charge on any atom is -0.309 e. The third kappa shape index (κ3) is 3.27. The summed E-state index contributed by atoms with van der Waals surface area (Å²) < 4.78 is 7.03. The monoisotopic (exact) mass is 599 g/mol. The molecule has 5 heterocycles. The number of benzene rings is 6. The molecule has 0 saturated heterocycles. The number of para-hydroxylation sites is 5. The van der Waals surface area contributed by atoms with Gasteiger partial charge in [0.05, 0.1) is 33.1 Å². The van der Waals surface area contributed by atoms with Crippen molar-refractivity contribution in [2.75, 3.05) is 0 Å². The molecule has 5 aromatic heterocycles. The van der Waals surface area contributed by atoms with E-state index < -0.39 is 0 Å². The smallest absolute Gasteiger partial charge is 0.147 e. The molecule has 0 aliphatic rings. The Bertz CT molecular complexity index is 3060. The van der Waals surface area contributed by atoms with Gasteiger partial charge in [0.15, 0.2) is 0 Å². The van der Waals surface area contributed by atoms with Crippen LogP contribution in [0.4, 0.5) is 0 Å². The summed E-state index contributed by atoms with van der Waals surface area (Å²) in [7, 11) is 0. The summed E-state index contributed by atoms with van der Waals surface area (Å²) in [5, 5.41) is 8.29. The number of hydrogen-bond acceptors (Lipinski definition) is 2. The highest BCUT2D eigenvalue weighted by Crippen LogP contribution is 2.42. The first-order valence-electron chi connectivity index (χ1n) is 15.9. The van der Waals surface area contributed by atoms with Crippen molar-refractivity contribution in [3.05, 3.63) is 152 Å². The van der Waals surface area contributed by atoms with Crippen LogP contribution in [0.15, 0.2) is 152 Å². The fourth-order valence-corrected chi connectivity index (χ4v) is 7.85. The van der Waals surface area contributed by atoms with Crippen LogP contribution in [0.1, 0.15) is 0 Å². The van der Waals surface area contributed by atoms with E-state index in [0.29, 0.717) is 0 Å². The Balaban J connectivity index is 1.38. The summed E-state index contributed by atoms with van der Waals surface area (Å²) >= 11 is 0. The Hall–Kier alpha value is -6.46. The summed E-state index contributed by atoms with van der Waals surface area (Å²) in [5.41, 5.74) is 10.9. The summed E-state index contributed by atoms with van der Waals surface area (Å²) in [6.45, 7) is 0. The van der Waals surface area contributed by atoms with Gasteiger partial charge < -0.3 is 9.13 Å². The summed E-state index contributed by atoms with van der Waals surface area (Å²) in [4.78, 5) is 10.1. The lowest BCUT2D eigenvalue weighted by molar-refractivity contribution is 1.16. The first kappa shape index (κ1) is 24.8. The van der Waals surface area contributed by atoms with E-state index in [1.807, 2.05) is 18.3 Å². The van der Waals surface area contributed by atoms with Gasteiger partial charge in [0.25, 0.3) is 0 Å². The van der Waals surface area contributed by atoms with Gasteiger partial charge in [0.2, 0.25) is 0 Å². The Morgan fingerprint density at radius 2 is 0.936 bits per heavy atom. The molecule has 0 amide bonds. The fraction of sp³-hybridized carbons (Fsp3) is 0. The Labute approximate surface area is 268 Å². The van der Waals surface area contributed by atoms with E-state index in [-0.39, 0.29) is 0 Å². The molecule has 0 fully saturated rings. The van der Waals surface area contributed by atoms with Crippen LogP contribution in [-0.2, 0) is 0 Å². The maximum absolute atomic E-state index is 5.18. The van der Waals surface area contributed by atoms with E-state index in [0.717, 1.165) is 55.4 Å². The second-order valence-electron chi connectivity index (χ2n) is 12.3. The molecule has 0 bridgehead atoms. The first-order chi connectivity index (χ1) is 23.3. The molecule has 6 aromatic carbocycles. The third-order valence-electron chi connectivity index (χ3n) is 9.82. The van der Waals surface area contributed by atoms with Crippen molar-refractivity contribution in [2.45, 2.75) is 0 Å². The van der Waals surface area contributed by atoms with Gasteiger partial charge in [-0.25, -0.2) is 9.97 Å². The maximum Gasteiger partial charge on any atom is 0.147 e. The van der Waals surface area contributed by atoms with Crippen molar-refractivity contribution in [3.63, 3.8) is 0 Å². The lowest BCUT2D eigenvalue weighted by Crippen LogP contribution is -1.96. The Kier molecular flexibility index (Phi) is 4.78. The topological polar surface area (TPSA) is 40.1 Å². The van der Waals surface area contributed by atoms with Crippen LogP contribution in [0, 0.1) is 0 Å². The number of pyridine rings is 2. The quantitative estimate of drug-likeness (QED) is 0.186. The number of imidazole rings is 1. The lowest BCUT2D eigenvalue weighted by atomic mass is 10.0. The van der Waals surface area contributed by atoms with E-state index in [9.17, 15) is 0 Å². The minimum absolute atomic E-state index is 0.920. The molecule has 5 heteroatoms. The molecule has 11 rings (SSSR count). The second kappa shape index (κ2) is 9.05. The normalized spacial score (nSPS) is 12.3. The number of rotatable bonds is 2. The van der Waals surface area contributed by atoms with E-state index >= 15 is 0 Å². The highest BCUT2D eigenvalue weighted by atomic mass is 15.1. The molecule has 0 radical (unpaired) electrons. The molecule has 0 aliphatic heterocycles. The average Bonchev–Trinajstić information content (AvgIpc) is 3.78. The van der Waals surface area contributed by atoms with Gasteiger partial charge in [-0.2, -0.15) is 0 Å². The largest absolute Gasteiger partial charge is 0.309 e. The molecule has 0 N–H and O–H groups in total. The Morgan fingerprint density at radius 3 is 1.70 bits per heavy atom. The third-order valence-corrected chi connectivity index (χ3v) is 9.82. The zero-order chi connectivity index (χ0) is 30.6. The lowest BCUT2D eigenvalue weighted by Gasteiger charge is -2.11. The van der Waals surface area contributed by atoms with Crippen molar-refractivity contribution in [3.8, 4) is 11.4 Å². The van der Waals surface area contributed by atoms with Crippen LogP contribution in [0.25, 0.3) is 93.5 Å². The fourth-order valence-electron chi connectivity index (χ4n) is 7.85. The van der Waals surface area contributed by atoms with Gasteiger partial charge in [-0.05, 0) is 84.2 Å². The van der Waals surface area contributed by atoms with Crippen LogP contribution in [0.5, 0.6) is 0 Å².